The standard InChI is InChI=1S/C18H21FN4O2S/c19-12-7-9-14(10-8-12)21-17(25)23-18-22-15(11-26-18)16(24)20-13-5-3-1-2-4-6-13/h7-11,13H,1-6H2,(H,20,24)(H2,21,22,23,25). The van der Waals surface area contributed by atoms with Crippen LogP contribution in [-0.4, -0.2) is 23.0 Å². The second-order valence-electron chi connectivity index (χ2n) is 6.29. The normalized spacial score (nSPS) is 15.1. The summed E-state index contributed by atoms with van der Waals surface area (Å²) in [4.78, 5) is 28.4. The van der Waals surface area contributed by atoms with Gasteiger partial charge in [0.15, 0.2) is 5.13 Å². The predicted octanol–water partition coefficient (Wildman–Crippen LogP) is 4.38. The summed E-state index contributed by atoms with van der Waals surface area (Å²) >= 11 is 1.18. The number of hydrogen-bond acceptors (Lipinski definition) is 4. The van der Waals surface area contributed by atoms with Gasteiger partial charge in [-0.1, -0.05) is 25.7 Å². The third kappa shape index (κ3) is 5.26. The van der Waals surface area contributed by atoms with Crippen LogP contribution in [0.3, 0.4) is 0 Å². The molecule has 1 aliphatic carbocycles. The summed E-state index contributed by atoms with van der Waals surface area (Å²) in [6.45, 7) is 0. The zero-order valence-electron chi connectivity index (χ0n) is 14.3. The van der Waals surface area contributed by atoms with Crippen molar-refractivity contribution in [3.05, 3.63) is 41.2 Å². The Kier molecular flexibility index (Phi) is 6.17. The number of hydrogen-bond donors (Lipinski definition) is 3. The van der Waals surface area contributed by atoms with Gasteiger partial charge in [0.2, 0.25) is 0 Å². The molecule has 0 unspecified atom stereocenters. The number of halogens is 1. The van der Waals surface area contributed by atoms with Crippen molar-refractivity contribution in [1.29, 1.82) is 0 Å². The molecular formula is C18H21FN4O2S. The molecule has 3 rings (SSSR count). The van der Waals surface area contributed by atoms with Crippen LogP contribution in [0.25, 0.3) is 0 Å². The van der Waals surface area contributed by atoms with Gasteiger partial charge in [-0.25, -0.2) is 14.2 Å². The molecule has 1 heterocycles. The highest BCUT2D eigenvalue weighted by molar-refractivity contribution is 7.14. The van der Waals surface area contributed by atoms with E-state index in [1.165, 1.54) is 48.4 Å². The van der Waals surface area contributed by atoms with Gasteiger partial charge in [0.05, 0.1) is 0 Å². The molecule has 1 aromatic heterocycles. The summed E-state index contributed by atoms with van der Waals surface area (Å²) in [6.07, 6.45) is 6.72. The smallest absolute Gasteiger partial charge is 0.325 e. The van der Waals surface area contributed by atoms with Crippen LogP contribution in [0.4, 0.5) is 20.0 Å². The molecule has 1 fully saturated rings. The highest BCUT2D eigenvalue weighted by Gasteiger charge is 2.18. The Balaban J connectivity index is 1.52. The fourth-order valence-electron chi connectivity index (χ4n) is 2.91. The fourth-order valence-corrected chi connectivity index (χ4v) is 3.60. The third-order valence-corrected chi connectivity index (χ3v) is 5.01. The van der Waals surface area contributed by atoms with E-state index in [1.807, 2.05) is 0 Å². The maximum atomic E-state index is 12.9. The maximum Gasteiger partial charge on any atom is 0.325 e. The first-order valence-corrected chi connectivity index (χ1v) is 9.58. The van der Waals surface area contributed by atoms with E-state index in [1.54, 1.807) is 5.38 Å². The molecule has 1 saturated carbocycles. The van der Waals surface area contributed by atoms with Crippen molar-refractivity contribution in [2.24, 2.45) is 0 Å². The van der Waals surface area contributed by atoms with Crippen molar-refractivity contribution < 1.29 is 14.0 Å². The molecule has 0 radical (unpaired) electrons. The molecule has 3 N–H and O–H groups in total. The van der Waals surface area contributed by atoms with Crippen LogP contribution in [-0.2, 0) is 0 Å². The molecule has 138 valence electrons. The number of carbonyl (C=O) groups is 2. The van der Waals surface area contributed by atoms with Gasteiger partial charge < -0.3 is 10.6 Å². The van der Waals surface area contributed by atoms with Gasteiger partial charge in [0, 0.05) is 17.1 Å². The zero-order chi connectivity index (χ0) is 18.4. The number of carbonyl (C=O) groups excluding carboxylic acids is 2. The van der Waals surface area contributed by atoms with Crippen LogP contribution in [0.5, 0.6) is 0 Å². The minimum absolute atomic E-state index is 0.199. The van der Waals surface area contributed by atoms with Gasteiger partial charge in [0.1, 0.15) is 11.5 Å². The van der Waals surface area contributed by atoms with Crippen LogP contribution in [0.15, 0.2) is 29.6 Å². The lowest BCUT2D eigenvalue weighted by atomic mass is 10.1. The Morgan fingerprint density at radius 2 is 1.73 bits per heavy atom. The Labute approximate surface area is 155 Å². The first kappa shape index (κ1) is 18.3. The van der Waals surface area contributed by atoms with E-state index in [2.05, 4.69) is 20.9 Å². The maximum absolute atomic E-state index is 12.9. The monoisotopic (exact) mass is 376 g/mol. The number of anilines is 2. The number of benzene rings is 1. The van der Waals surface area contributed by atoms with Crippen molar-refractivity contribution in [1.82, 2.24) is 10.3 Å². The number of amides is 3. The first-order valence-electron chi connectivity index (χ1n) is 8.70. The van der Waals surface area contributed by atoms with Crippen molar-refractivity contribution in [3.8, 4) is 0 Å². The van der Waals surface area contributed by atoms with E-state index in [4.69, 9.17) is 0 Å². The van der Waals surface area contributed by atoms with Crippen molar-refractivity contribution >= 4 is 34.1 Å². The van der Waals surface area contributed by atoms with Crippen LogP contribution in [0.2, 0.25) is 0 Å². The number of nitrogens with one attached hydrogen (secondary N) is 3. The predicted molar refractivity (Wildman–Crippen MR) is 100 cm³/mol. The van der Waals surface area contributed by atoms with Crippen LogP contribution >= 0.6 is 11.3 Å². The highest BCUT2D eigenvalue weighted by Crippen LogP contribution is 2.19. The van der Waals surface area contributed by atoms with Gasteiger partial charge in [0.25, 0.3) is 5.91 Å². The topological polar surface area (TPSA) is 83.1 Å². The number of rotatable bonds is 4. The SMILES string of the molecule is O=C(Nc1ccc(F)cc1)Nc1nc(C(=O)NC2CCCCCC2)cs1. The average Bonchev–Trinajstić information content (AvgIpc) is 2.93. The number of urea groups is 1. The molecule has 1 aromatic carbocycles. The van der Waals surface area contributed by atoms with E-state index in [0.29, 0.717) is 16.5 Å². The van der Waals surface area contributed by atoms with Crippen LogP contribution in [0, 0.1) is 5.82 Å². The number of thiazole rings is 1. The number of nitrogens with zero attached hydrogens (tertiary/aromatic N) is 1. The molecule has 0 bridgehead atoms. The fraction of sp³-hybridized carbons (Fsp3) is 0.389. The molecule has 2 aromatic rings. The lowest BCUT2D eigenvalue weighted by Crippen LogP contribution is -2.34. The van der Waals surface area contributed by atoms with E-state index >= 15 is 0 Å². The summed E-state index contributed by atoms with van der Waals surface area (Å²) in [5.74, 6) is -0.583. The summed E-state index contributed by atoms with van der Waals surface area (Å²) < 4.78 is 12.9. The van der Waals surface area contributed by atoms with Gasteiger partial charge >= 0.3 is 6.03 Å². The van der Waals surface area contributed by atoms with Gasteiger partial charge in [-0.2, -0.15) is 0 Å². The molecule has 8 heteroatoms. The van der Waals surface area contributed by atoms with E-state index in [0.717, 1.165) is 25.7 Å². The Morgan fingerprint density at radius 3 is 2.42 bits per heavy atom. The number of aromatic nitrogens is 1. The van der Waals surface area contributed by atoms with Gasteiger partial charge in [-0.05, 0) is 37.1 Å². The second kappa shape index (κ2) is 8.75. The summed E-state index contributed by atoms with van der Waals surface area (Å²) in [7, 11) is 0. The molecule has 6 nitrogen and oxygen atoms in total. The van der Waals surface area contributed by atoms with Gasteiger partial charge in [-0.3, -0.25) is 10.1 Å². The third-order valence-electron chi connectivity index (χ3n) is 4.25. The van der Waals surface area contributed by atoms with Crippen LogP contribution < -0.4 is 16.0 Å². The van der Waals surface area contributed by atoms with E-state index in [-0.39, 0.29) is 17.8 Å². The molecular weight excluding hydrogens is 355 g/mol. The minimum atomic E-state index is -0.498. The molecule has 0 spiro atoms. The molecule has 0 saturated heterocycles. The lowest BCUT2D eigenvalue weighted by molar-refractivity contribution is 0.0929. The van der Waals surface area contributed by atoms with Crippen LogP contribution in [0.1, 0.15) is 49.0 Å². The molecule has 0 atom stereocenters. The lowest BCUT2D eigenvalue weighted by Gasteiger charge is -2.15. The van der Waals surface area contributed by atoms with Crippen molar-refractivity contribution in [2.75, 3.05) is 10.6 Å². The molecule has 1 aliphatic rings. The quantitative estimate of drug-likeness (QED) is 0.693. The second-order valence-corrected chi connectivity index (χ2v) is 7.14. The summed E-state index contributed by atoms with van der Waals surface area (Å²) in [6, 6.07) is 5.14. The van der Waals surface area contributed by atoms with E-state index < -0.39 is 6.03 Å². The largest absolute Gasteiger partial charge is 0.348 e. The Morgan fingerprint density at radius 1 is 1.04 bits per heavy atom. The first-order chi connectivity index (χ1) is 12.6. The van der Waals surface area contributed by atoms with Crippen molar-refractivity contribution in [3.63, 3.8) is 0 Å². The summed E-state index contributed by atoms with van der Waals surface area (Å²) in [5.41, 5.74) is 0.767. The molecule has 3 amide bonds. The molecule has 0 aliphatic heterocycles. The molecule has 26 heavy (non-hydrogen) atoms. The van der Waals surface area contributed by atoms with Gasteiger partial charge in [-0.15, -0.1) is 11.3 Å². The minimum Gasteiger partial charge on any atom is -0.348 e. The van der Waals surface area contributed by atoms with Crippen molar-refractivity contribution in [2.45, 2.75) is 44.6 Å². The Bertz CT molecular complexity index is 755. The highest BCUT2D eigenvalue weighted by atomic mass is 32.1. The zero-order valence-corrected chi connectivity index (χ0v) is 15.1. The summed E-state index contributed by atoms with van der Waals surface area (Å²) in [5, 5.41) is 10.1. The van der Waals surface area contributed by atoms with E-state index in [9.17, 15) is 14.0 Å². The average molecular weight is 376 g/mol. The Hall–Kier alpha value is -2.48.